The van der Waals surface area contributed by atoms with Crippen LogP contribution in [0.3, 0.4) is 0 Å². The minimum absolute atomic E-state index is 0.543. The number of nitrogens with zero attached hydrogens (tertiary/aromatic N) is 6. The molecule has 0 N–H and O–H groups in total. The van der Waals surface area contributed by atoms with Crippen molar-refractivity contribution in [3.05, 3.63) is 179 Å². The molecular weight excluding hydrogens is 829 g/mol. The number of nitriles is 6. The van der Waals surface area contributed by atoms with Gasteiger partial charge in [-0.3, -0.25) is 0 Å². The molecule has 10 aromatic rings. The highest BCUT2D eigenvalue weighted by Crippen LogP contribution is 2.60. The van der Waals surface area contributed by atoms with Gasteiger partial charge in [-0.25, -0.2) is 0 Å². The van der Waals surface area contributed by atoms with Gasteiger partial charge < -0.3 is 0 Å². The summed E-state index contributed by atoms with van der Waals surface area (Å²) >= 11 is 5.06. The highest BCUT2D eigenvalue weighted by Gasteiger charge is 2.30. The molecule has 0 saturated heterocycles. The van der Waals surface area contributed by atoms with Crippen LogP contribution >= 0.6 is 34.0 Å². The van der Waals surface area contributed by atoms with Gasteiger partial charge in [-0.15, -0.1) is 34.0 Å². The van der Waals surface area contributed by atoms with E-state index in [1.54, 1.807) is 34.0 Å². The van der Waals surface area contributed by atoms with Crippen LogP contribution in [0.4, 0.5) is 0 Å². The molecule has 7 aromatic carbocycles. The molecule has 3 aromatic heterocycles. The summed E-state index contributed by atoms with van der Waals surface area (Å²) < 4.78 is 3.14. The minimum atomic E-state index is 0.543. The summed E-state index contributed by atoms with van der Waals surface area (Å²) in [5, 5.41) is 61.9. The van der Waals surface area contributed by atoms with Crippen molar-refractivity contribution < 1.29 is 0 Å². The molecule has 0 spiro atoms. The van der Waals surface area contributed by atoms with Crippen molar-refractivity contribution in [1.82, 2.24) is 0 Å². The molecule has 63 heavy (non-hydrogen) atoms. The maximum Gasteiger partial charge on any atom is 0.0991 e. The summed E-state index contributed by atoms with van der Waals surface area (Å²) in [6, 6.07) is 59.5. The largest absolute Gasteiger partial charge is 0.192 e. The molecule has 0 saturated carbocycles. The van der Waals surface area contributed by atoms with Crippen LogP contribution in [0.1, 0.15) is 33.4 Å². The number of hydrogen-bond donors (Lipinski definition) is 0. The third-order valence-corrected chi connectivity index (χ3v) is 14.9. The van der Waals surface area contributed by atoms with Crippen LogP contribution in [0.25, 0.3) is 95.0 Å². The molecule has 0 aliphatic rings. The van der Waals surface area contributed by atoms with Gasteiger partial charge in [0.05, 0.1) is 69.8 Å². The molecule has 0 atom stereocenters. The second kappa shape index (κ2) is 15.8. The van der Waals surface area contributed by atoms with E-state index in [0.29, 0.717) is 33.4 Å². The van der Waals surface area contributed by atoms with E-state index in [9.17, 15) is 31.6 Å². The summed E-state index contributed by atoms with van der Waals surface area (Å²) in [5.74, 6) is 0. The Bertz CT molecular complexity index is 3310. The van der Waals surface area contributed by atoms with Gasteiger partial charge >= 0.3 is 0 Å². The van der Waals surface area contributed by atoms with Gasteiger partial charge in [0.2, 0.25) is 0 Å². The summed E-state index contributed by atoms with van der Waals surface area (Å²) in [6.07, 6.45) is 0. The molecule has 3 heterocycles. The Kier molecular flexibility index (Phi) is 9.64. The number of hydrogen-bond acceptors (Lipinski definition) is 9. The Labute approximate surface area is 373 Å². The lowest BCUT2D eigenvalue weighted by atomic mass is 9.91. The molecule has 0 unspecified atom stereocenters. The van der Waals surface area contributed by atoms with Crippen molar-refractivity contribution in [2.75, 3.05) is 0 Å². The van der Waals surface area contributed by atoms with E-state index in [1.165, 1.54) is 0 Å². The first kappa shape index (κ1) is 38.6. The highest BCUT2D eigenvalue weighted by molar-refractivity contribution is 7.31. The Hall–Kier alpha value is -8.64. The number of fused-ring (bicyclic) bond motifs is 6. The van der Waals surface area contributed by atoms with Gasteiger partial charge in [-0.1, -0.05) is 72.8 Å². The molecule has 0 radical (unpaired) electrons. The molecule has 0 amide bonds. The first-order chi connectivity index (χ1) is 30.9. The van der Waals surface area contributed by atoms with Crippen LogP contribution in [0, 0.1) is 68.0 Å². The highest BCUT2D eigenvalue weighted by atomic mass is 32.1. The Balaban J connectivity index is 1.47. The zero-order valence-corrected chi connectivity index (χ0v) is 35.2. The smallest absolute Gasteiger partial charge is 0.0991 e. The quantitative estimate of drug-likeness (QED) is 0.163. The average molecular weight is 853 g/mol. The Morgan fingerprint density at radius 3 is 0.587 bits per heavy atom. The second-order valence-corrected chi connectivity index (χ2v) is 17.7. The van der Waals surface area contributed by atoms with Crippen molar-refractivity contribution in [1.29, 1.82) is 31.6 Å². The second-order valence-electron chi connectivity index (χ2n) is 14.7. The fourth-order valence-electron chi connectivity index (χ4n) is 8.13. The van der Waals surface area contributed by atoms with Crippen LogP contribution in [0.15, 0.2) is 146 Å². The van der Waals surface area contributed by atoms with E-state index in [4.69, 9.17) is 0 Å². The monoisotopic (exact) mass is 852 g/mol. The van der Waals surface area contributed by atoms with Gasteiger partial charge in [0.15, 0.2) is 0 Å². The molecule has 10 rings (SSSR count). The third kappa shape index (κ3) is 6.48. The van der Waals surface area contributed by atoms with Gasteiger partial charge in [0.25, 0.3) is 0 Å². The summed E-state index contributed by atoms with van der Waals surface area (Å²) in [6.45, 7) is 0. The van der Waals surface area contributed by atoms with Crippen LogP contribution in [-0.2, 0) is 0 Å². The van der Waals surface area contributed by atoms with Crippen LogP contribution in [-0.4, -0.2) is 0 Å². The van der Waals surface area contributed by atoms with Crippen LogP contribution in [0.2, 0.25) is 0 Å². The first-order valence-electron chi connectivity index (χ1n) is 19.5. The van der Waals surface area contributed by atoms with Crippen LogP contribution < -0.4 is 0 Å². The first-order valence-corrected chi connectivity index (χ1v) is 21.9. The van der Waals surface area contributed by atoms with Crippen molar-refractivity contribution in [3.8, 4) is 101 Å². The van der Waals surface area contributed by atoms with Crippen LogP contribution in [0.5, 0.6) is 0 Å². The fourth-order valence-corrected chi connectivity index (χ4v) is 12.5. The summed E-state index contributed by atoms with van der Waals surface area (Å²) in [7, 11) is 0. The van der Waals surface area contributed by atoms with Gasteiger partial charge in [-0.2, -0.15) is 31.6 Å². The van der Waals surface area contributed by atoms with E-state index in [2.05, 4.69) is 36.4 Å². The minimum Gasteiger partial charge on any atom is -0.192 e. The molecule has 0 bridgehead atoms. The molecule has 0 fully saturated rings. The Morgan fingerprint density at radius 2 is 0.413 bits per heavy atom. The van der Waals surface area contributed by atoms with Crippen molar-refractivity contribution in [2.24, 2.45) is 0 Å². The van der Waals surface area contributed by atoms with E-state index in [1.807, 2.05) is 146 Å². The predicted molar refractivity (Wildman–Crippen MR) is 253 cm³/mol. The van der Waals surface area contributed by atoms with E-state index in [0.717, 1.165) is 95.0 Å². The van der Waals surface area contributed by atoms with Gasteiger partial charge in [-0.05, 0) is 106 Å². The lowest BCUT2D eigenvalue weighted by Gasteiger charge is -2.10. The van der Waals surface area contributed by atoms with Gasteiger partial charge in [0.1, 0.15) is 0 Å². The summed E-state index contributed by atoms with van der Waals surface area (Å²) in [4.78, 5) is 2.99. The van der Waals surface area contributed by atoms with E-state index < -0.39 is 0 Å². The zero-order valence-electron chi connectivity index (χ0n) is 32.8. The average Bonchev–Trinajstić information content (AvgIpc) is 4.07. The lowest BCUT2D eigenvalue weighted by Crippen LogP contribution is -1.85. The lowest BCUT2D eigenvalue weighted by molar-refractivity contribution is 1.48. The maximum absolute atomic E-state index is 9.84. The van der Waals surface area contributed by atoms with E-state index in [-0.39, 0.29) is 0 Å². The number of thiophene rings is 3. The van der Waals surface area contributed by atoms with Crippen molar-refractivity contribution in [2.45, 2.75) is 0 Å². The molecule has 0 aliphatic carbocycles. The number of rotatable bonds is 6. The van der Waals surface area contributed by atoms with Crippen molar-refractivity contribution in [3.63, 3.8) is 0 Å². The standard InChI is InChI=1S/C54H24N6S3/c55-25-31-1-13-37(14-2-31)43-46-52(61-49(43)40-19-7-34(28-58)8-20-40)47-44(38-15-3-32(26-56)4-16-38)51(42-23-11-36(30-60)12-24-42)63-54(47)48-45(39-17-5-33(27-57)6-18-39)50(62-53(46)48)41-21-9-35(29-59)10-22-41/h1-24H. The maximum atomic E-state index is 9.84. The molecule has 0 aliphatic heterocycles. The van der Waals surface area contributed by atoms with Gasteiger partial charge in [0, 0.05) is 61.6 Å². The summed E-state index contributed by atoms with van der Waals surface area (Å²) in [5.41, 5.74) is 11.9. The SMILES string of the molecule is N#Cc1ccc(-c2sc3c(c2-c2ccc(C#N)cc2)c2sc(-c4ccc(C#N)cc4)c(-c4ccc(C#N)cc4)c2c2sc(-c4ccc(C#N)cc4)c(-c4ccc(C#N)cc4)c32)cc1. The zero-order chi connectivity index (χ0) is 43.2. The predicted octanol–water partition coefficient (Wildman–Crippen LogP) is 14.6. The van der Waals surface area contributed by atoms with Crippen molar-refractivity contribution >= 4 is 64.3 Å². The molecule has 6 nitrogen and oxygen atoms in total. The fraction of sp³-hybridized carbons (Fsp3) is 0. The van der Waals surface area contributed by atoms with E-state index >= 15 is 0 Å². The number of benzene rings is 7. The third-order valence-electron chi connectivity index (χ3n) is 11.1. The molecular formula is C54H24N6S3. The molecule has 9 heteroatoms. The normalized spacial score (nSPS) is 10.8. The molecule has 288 valence electrons. The topological polar surface area (TPSA) is 143 Å². The Morgan fingerprint density at radius 1 is 0.238 bits per heavy atom.